The van der Waals surface area contributed by atoms with E-state index in [4.69, 9.17) is 5.84 Å². The van der Waals surface area contributed by atoms with E-state index in [0.717, 1.165) is 23.9 Å². The van der Waals surface area contributed by atoms with Crippen LogP contribution in [0, 0.1) is 0 Å². The Morgan fingerprint density at radius 3 is 2.74 bits per heavy atom. The number of halogens is 3. The molecule has 0 bridgehead atoms. The van der Waals surface area contributed by atoms with Crippen LogP contribution in [0.5, 0.6) is 0 Å². The fourth-order valence-corrected chi connectivity index (χ4v) is 2.82. The van der Waals surface area contributed by atoms with E-state index >= 15 is 0 Å². The molecule has 3 aromatic rings. The van der Waals surface area contributed by atoms with Crippen LogP contribution < -0.4 is 11.2 Å². The number of amides is 1. The number of thioether (sulfide) groups is 1. The molecule has 0 aliphatic rings. The predicted octanol–water partition coefficient (Wildman–Crippen LogP) is 2.80. The lowest BCUT2D eigenvalue weighted by molar-refractivity contribution is -0.137. The molecule has 0 unspecified atom stereocenters. The molecule has 3 N–H and O–H groups in total. The highest BCUT2D eigenvalue weighted by molar-refractivity contribution is 7.99. The van der Waals surface area contributed by atoms with Crippen molar-refractivity contribution >= 4 is 23.4 Å². The Bertz CT molecular complexity index is 945. The lowest BCUT2D eigenvalue weighted by Crippen LogP contribution is -2.17. The molecular weight excluding hydrogens is 381 g/mol. The molecule has 0 fully saturated rings. The van der Waals surface area contributed by atoms with Crippen LogP contribution in [-0.4, -0.2) is 31.5 Å². The Hall–Kier alpha value is -3.08. The minimum Gasteiger partial charge on any atom is -0.335 e. The van der Waals surface area contributed by atoms with Crippen LogP contribution in [0.4, 0.5) is 18.9 Å². The second-order valence-corrected chi connectivity index (χ2v) is 6.28. The van der Waals surface area contributed by atoms with Gasteiger partial charge in [-0.15, -0.1) is 10.2 Å². The number of benzene rings is 1. The van der Waals surface area contributed by atoms with E-state index in [0.29, 0.717) is 11.4 Å². The van der Waals surface area contributed by atoms with Gasteiger partial charge in [0.25, 0.3) is 0 Å². The molecule has 2 heterocycles. The van der Waals surface area contributed by atoms with Gasteiger partial charge in [0, 0.05) is 23.6 Å². The number of nitrogen functional groups attached to an aromatic ring is 1. The fraction of sp³-hybridized carbons (Fsp3) is 0.125. The maximum Gasteiger partial charge on any atom is 0.416 e. The molecule has 0 aliphatic heterocycles. The minimum atomic E-state index is -4.48. The van der Waals surface area contributed by atoms with Crippen molar-refractivity contribution in [3.05, 3.63) is 54.4 Å². The summed E-state index contributed by atoms with van der Waals surface area (Å²) in [5.74, 6) is 5.71. The van der Waals surface area contributed by atoms with Crippen molar-refractivity contribution in [3.63, 3.8) is 0 Å². The zero-order valence-electron chi connectivity index (χ0n) is 13.6. The monoisotopic (exact) mass is 394 g/mol. The van der Waals surface area contributed by atoms with Crippen molar-refractivity contribution in [3.8, 4) is 11.4 Å². The zero-order chi connectivity index (χ0) is 19.4. The summed E-state index contributed by atoms with van der Waals surface area (Å²) >= 11 is 1.01. The normalized spacial score (nSPS) is 11.4. The second kappa shape index (κ2) is 7.66. The summed E-state index contributed by atoms with van der Waals surface area (Å²) < 4.78 is 39.3. The van der Waals surface area contributed by atoms with E-state index in [1.807, 2.05) is 0 Å². The zero-order valence-corrected chi connectivity index (χ0v) is 14.5. The van der Waals surface area contributed by atoms with Crippen molar-refractivity contribution in [2.75, 3.05) is 16.9 Å². The molecule has 1 aromatic carbocycles. The molecule has 0 atom stereocenters. The molecule has 0 radical (unpaired) electrons. The molecule has 0 saturated carbocycles. The number of nitrogens with zero attached hydrogens (tertiary/aromatic N) is 4. The van der Waals surface area contributed by atoms with E-state index in [1.54, 1.807) is 24.5 Å². The van der Waals surface area contributed by atoms with Gasteiger partial charge in [-0.05, 0) is 30.3 Å². The van der Waals surface area contributed by atoms with Gasteiger partial charge in [-0.25, -0.2) is 4.68 Å². The minimum absolute atomic E-state index is 0.0562. The lowest BCUT2D eigenvalue weighted by Gasteiger charge is -2.09. The predicted molar refractivity (Wildman–Crippen MR) is 94.2 cm³/mol. The molecule has 140 valence electrons. The SMILES string of the molecule is Nn1c(SCC(=O)Nc2cccc(C(F)(F)F)c2)nnc1-c1cccnc1. The lowest BCUT2D eigenvalue weighted by atomic mass is 10.2. The Morgan fingerprint density at radius 1 is 1.22 bits per heavy atom. The van der Waals surface area contributed by atoms with E-state index in [1.165, 1.54) is 16.8 Å². The highest BCUT2D eigenvalue weighted by Crippen LogP contribution is 2.30. The van der Waals surface area contributed by atoms with Crippen molar-refractivity contribution in [1.82, 2.24) is 19.9 Å². The summed E-state index contributed by atoms with van der Waals surface area (Å²) in [7, 11) is 0. The van der Waals surface area contributed by atoms with Crippen LogP contribution in [0.15, 0.2) is 53.9 Å². The summed E-state index contributed by atoms with van der Waals surface area (Å²) in [6.45, 7) is 0. The Labute approximate surface area is 155 Å². The summed E-state index contributed by atoms with van der Waals surface area (Å²) in [6.07, 6.45) is -1.30. The molecule has 27 heavy (non-hydrogen) atoms. The number of nitrogens with one attached hydrogen (secondary N) is 1. The largest absolute Gasteiger partial charge is 0.416 e. The number of alkyl halides is 3. The summed E-state index contributed by atoms with van der Waals surface area (Å²) in [5, 5.41) is 10.6. The highest BCUT2D eigenvalue weighted by Gasteiger charge is 2.30. The molecule has 2 aromatic heterocycles. The van der Waals surface area contributed by atoms with Crippen LogP contribution in [-0.2, 0) is 11.0 Å². The third-order valence-electron chi connectivity index (χ3n) is 3.39. The molecule has 3 rings (SSSR count). The van der Waals surface area contributed by atoms with Gasteiger partial charge in [-0.2, -0.15) is 13.2 Å². The first-order valence-electron chi connectivity index (χ1n) is 7.55. The number of nitrogens with two attached hydrogens (primary N) is 1. The Balaban J connectivity index is 1.63. The first-order chi connectivity index (χ1) is 12.8. The van der Waals surface area contributed by atoms with Crippen LogP contribution in [0.25, 0.3) is 11.4 Å². The number of carbonyl (C=O) groups excluding carboxylic acids is 1. The number of hydrogen-bond donors (Lipinski definition) is 2. The standard InChI is InChI=1S/C16H13F3N6OS/c17-16(18,19)11-4-1-5-12(7-11)22-13(26)9-27-15-24-23-14(25(15)20)10-3-2-6-21-8-10/h1-8H,9,20H2,(H,22,26). The van der Waals surface area contributed by atoms with Gasteiger partial charge in [-0.1, -0.05) is 17.8 Å². The van der Waals surface area contributed by atoms with Crippen LogP contribution in [0.1, 0.15) is 5.56 Å². The first kappa shape index (κ1) is 18.7. The molecular formula is C16H13F3N6OS. The van der Waals surface area contributed by atoms with Gasteiger partial charge in [-0.3, -0.25) is 9.78 Å². The summed E-state index contributed by atoms with van der Waals surface area (Å²) in [4.78, 5) is 16.0. The smallest absolute Gasteiger partial charge is 0.335 e. The van der Waals surface area contributed by atoms with Crippen LogP contribution in [0.3, 0.4) is 0 Å². The molecule has 1 amide bonds. The van der Waals surface area contributed by atoms with E-state index in [9.17, 15) is 18.0 Å². The molecule has 0 spiro atoms. The topological polar surface area (TPSA) is 98.7 Å². The maximum atomic E-state index is 12.7. The number of anilines is 1. The highest BCUT2D eigenvalue weighted by atomic mass is 32.2. The summed E-state index contributed by atoms with van der Waals surface area (Å²) in [6, 6.07) is 7.89. The van der Waals surface area contributed by atoms with Crippen molar-refractivity contribution < 1.29 is 18.0 Å². The molecule has 0 saturated heterocycles. The van der Waals surface area contributed by atoms with Gasteiger partial charge in [0.2, 0.25) is 11.1 Å². The number of pyridine rings is 1. The Kier molecular flexibility index (Phi) is 5.31. The van der Waals surface area contributed by atoms with Crippen LogP contribution in [0.2, 0.25) is 0 Å². The second-order valence-electron chi connectivity index (χ2n) is 5.33. The maximum absolute atomic E-state index is 12.7. The molecule has 0 aliphatic carbocycles. The van der Waals surface area contributed by atoms with Gasteiger partial charge in [0.1, 0.15) is 0 Å². The summed E-state index contributed by atoms with van der Waals surface area (Å²) in [5.41, 5.74) is -0.121. The number of carbonyl (C=O) groups is 1. The number of hydrogen-bond acceptors (Lipinski definition) is 6. The van der Waals surface area contributed by atoms with Crippen molar-refractivity contribution in [2.45, 2.75) is 11.3 Å². The van der Waals surface area contributed by atoms with E-state index in [2.05, 4.69) is 20.5 Å². The molecule has 11 heteroatoms. The van der Waals surface area contributed by atoms with Gasteiger partial charge in [0.15, 0.2) is 5.82 Å². The fourth-order valence-electron chi connectivity index (χ4n) is 2.17. The third kappa shape index (κ3) is 4.56. The van der Waals surface area contributed by atoms with Gasteiger partial charge in [0.05, 0.1) is 11.3 Å². The third-order valence-corrected chi connectivity index (χ3v) is 4.33. The Morgan fingerprint density at radius 2 is 2.04 bits per heavy atom. The van der Waals surface area contributed by atoms with Gasteiger partial charge < -0.3 is 11.2 Å². The first-order valence-corrected chi connectivity index (χ1v) is 8.54. The van der Waals surface area contributed by atoms with Crippen molar-refractivity contribution in [2.24, 2.45) is 0 Å². The average molecular weight is 394 g/mol. The van der Waals surface area contributed by atoms with Crippen LogP contribution >= 0.6 is 11.8 Å². The number of aromatic nitrogens is 4. The van der Waals surface area contributed by atoms with Crippen molar-refractivity contribution in [1.29, 1.82) is 0 Å². The van der Waals surface area contributed by atoms with E-state index in [-0.39, 0.29) is 16.6 Å². The van der Waals surface area contributed by atoms with Gasteiger partial charge >= 0.3 is 6.18 Å². The molecule has 7 nitrogen and oxygen atoms in total. The quantitative estimate of drug-likeness (QED) is 0.510. The number of rotatable bonds is 5. The average Bonchev–Trinajstić information content (AvgIpc) is 3.01. The van der Waals surface area contributed by atoms with E-state index < -0.39 is 17.6 Å².